The van der Waals surface area contributed by atoms with E-state index in [2.05, 4.69) is 31.0 Å². The van der Waals surface area contributed by atoms with Crippen molar-refractivity contribution in [1.82, 2.24) is 5.32 Å². The van der Waals surface area contributed by atoms with Crippen LogP contribution >= 0.6 is 0 Å². The van der Waals surface area contributed by atoms with E-state index in [1.165, 1.54) is 0 Å². The lowest BCUT2D eigenvalue weighted by Crippen LogP contribution is -2.23. The maximum Gasteiger partial charge on any atom is 0.252 e. The Morgan fingerprint density at radius 2 is 1.91 bits per heavy atom. The number of hydrogen-bond acceptors (Lipinski definition) is 2. The molecule has 0 atom stereocenters. The zero-order valence-electron chi connectivity index (χ0n) is 13.5. The molecule has 2 rings (SSSR count). The van der Waals surface area contributed by atoms with E-state index in [0.29, 0.717) is 30.4 Å². The van der Waals surface area contributed by atoms with Crippen molar-refractivity contribution < 1.29 is 9.53 Å². The van der Waals surface area contributed by atoms with E-state index >= 15 is 0 Å². The van der Waals surface area contributed by atoms with Crippen molar-refractivity contribution in [2.24, 2.45) is 5.92 Å². The second-order valence-electron chi connectivity index (χ2n) is 5.58. The van der Waals surface area contributed by atoms with Crippen LogP contribution in [-0.4, -0.2) is 19.1 Å². The van der Waals surface area contributed by atoms with Gasteiger partial charge in [-0.05, 0) is 36.2 Å². The first-order valence-corrected chi connectivity index (χ1v) is 7.70. The minimum Gasteiger partial charge on any atom is -0.493 e. The number of carbonyl (C=O) groups is 1. The van der Waals surface area contributed by atoms with Crippen molar-refractivity contribution in [2.75, 3.05) is 13.2 Å². The van der Waals surface area contributed by atoms with Gasteiger partial charge in [0.05, 0.1) is 13.2 Å². The standard InChI is InChI=1S/C20H21NO2/c1-16(2)15-23-19-12-6-11-18(14-19)20(22)21-13-7-10-17-8-4-3-5-9-17/h3-6,8-9,11-12,14,16H,13,15H2,1-2H3,(H,21,22). The van der Waals surface area contributed by atoms with Crippen LogP contribution in [-0.2, 0) is 0 Å². The highest BCUT2D eigenvalue weighted by Gasteiger charge is 2.06. The van der Waals surface area contributed by atoms with Crippen molar-refractivity contribution in [3.63, 3.8) is 0 Å². The van der Waals surface area contributed by atoms with E-state index in [4.69, 9.17) is 4.74 Å². The highest BCUT2D eigenvalue weighted by atomic mass is 16.5. The Hall–Kier alpha value is -2.73. The quantitative estimate of drug-likeness (QED) is 0.859. The van der Waals surface area contributed by atoms with Gasteiger partial charge in [0.25, 0.3) is 5.91 Å². The van der Waals surface area contributed by atoms with E-state index in [0.717, 1.165) is 5.56 Å². The van der Waals surface area contributed by atoms with Gasteiger partial charge in [0.1, 0.15) is 5.75 Å². The molecule has 118 valence electrons. The summed E-state index contributed by atoms with van der Waals surface area (Å²) in [6, 6.07) is 16.9. The Morgan fingerprint density at radius 3 is 2.65 bits per heavy atom. The van der Waals surface area contributed by atoms with Crippen molar-refractivity contribution in [2.45, 2.75) is 13.8 Å². The smallest absolute Gasteiger partial charge is 0.252 e. The van der Waals surface area contributed by atoms with Gasteiger partial charge in [0.2, 0.25) is 0 Å². The van der Waals surface area contributed by atoms with Gasteiger partial charge in [-0.15, -0.1) is 0 Å². The fourth-order valence-electron chi connectivity index (χ4n) is 1.88. The minimum absolute atomic E-state index is 0.151. The molecule has 1 amide bonds. The molecule has 0 bridgehead atoms. The van der Waals surface area contributed by atoms with E-state index in [9.17, 15) is 4.79 Å². The highest BCUT2D eigenvalue weighted by Crippen LogP contribution is 2.14. The first kappa shape index (κ1) is 16.6. The summed E-state index contributed by atoms with van der Waals surface area (Å²) in [5, 5.41) is 2.79. The highest BCUT2D eigenvalue weighted by molar-refractivity contribution is 5.94. The largest absolute Gasteiger partial charge is 0.493 e. The molecule has 0 aliphatic rings. The molecule has 0 aromatic heterocycles. The van der Waals surface area contributed by atoms with Crippen LogP contribution in [0.15, 0.2) is 54.6 Å². The van der Waals surface area contributed by atoms with Gasteiger partial charge in [-0.25, -0.2) is 0 Å². The molecule has 0 aliphatic heterocycles. The fraction of sp³-hybridized carbons (Fsp3) is 0.250. The molecule has 3 nitrogen and oxygen atoms in total. The number of hydrogen-bond donors (Lipinski definition) is 1. The predicted octanol–water partition coefficient (Wildman–Crippen LogP) is 3.50. The van der Waals surface area contributed by atoms with Gasteiger partial charge < -0.3 is 10.1 Å². The summed E-state index contributed by atoms with van der Waals surface area (Å²) in [5.74, 6) is 6.95. The van der Waals surface area contributed by atoms with Crippen molar-refractivity contribution in [1.29, 1.82) is 0 Å². The lowest BCUT2D eigenvalue weighted by Gasteiger charge is -2.09. The minimum atomic E-state index is -0.151. The van der Waals surface area contributed by atoms with Gasteiger partial charge in [-0.2, -0.15) is 0 Å². The first-order chi connectivity index (χ1) is 11.1. The van der Waals surface area contributed by atoms with Crippen LogP contribution < -0.4 is 10.1 Å². The maximum absolute atomic E-state index is 12.1. The Morgan fingerprint density at radius 1 is 1.13 bits per heavy atom. The Bertz CT molecular complexity index is 696. The second-order valence-corrected chi connectivity index (χ2v) is 5.58. The topological polar surface area (TPSA) is 38.3 Å². The summed E-state index contributed by atoms with van der Waals surface area (Å²) in [5.41, 5.74) is 1.51. The molecule has 0 radical (unpaired) electrons. The number of benzene rings is 2. The third kappa shape index (κ3) is 5.88. The number of carbonyl (C=O) groups excluding carboxylic acids is 1. The van der Waals surface area contributed by atoms with Gasteiger partial charge >= 0.3 is 0 Å². The number of rotatable bonds is 5. The lowest BCUT2D eigenvalue weighted by molar-refractivity contribution is 0.0958. The van der Waals surface area contributed by atoms with Crippen molar-refractivity contribution in [3.05, 3.63) is 65.7 Å². The molecule has 0 aliphatic carbocycles. The summed E-state index contributed by atoms with van der Waals surface area (Å²) >= 11 is 0. The summed E-state index contributed by atoms with van der Waals surface area (Å²) in [4.78, 5) is 12.1. The van der Waals surface area contributed by atoms with Crippen molar-refractivity contribution >= 4 is 5.91 Å². The van der Waals surface area contributed by atoms with Crippen LogP contribution in [0.25, 0.3) is 0 Å². The van der Waals surface area contributed by atoms with E-state index in [1.54, 1.807) is 12.1 Å². The van der Waals surface area contributed by atoms with Gasteiger partial charge in [-0.3, -0.25) is 4.79 Å². The molecule has 0 saturated carbocycles. The van der Waals surface area contributed by atoms with Crippen LogP contribution in [0.5, 0.6) is 5.75 Å². The Balaban J connectivity index is 1.88. The second kappa shape index (κ2) is 8.65. The summed E-state index contributed by atoms with van der Waals surface area (Å²) < 4.78 is 5.63. The maximum atomic E-state index is 12.1. The molecular weight excluding hydrogens is 286 g/mol. The van der Waals surface area contributed by atoms with E-state index < -0.39 is 0 Å². The van der Waals surface area contributed by atoms with Crippen LogP contribution in [0.3, 0.4) is 0 Å². The molecule has 0 unspecified atom stereocenters. The third-order valence-electron chi connectivity index (χ3n) is 3.02. The van der Waals surface area contributed by atoms with E-state index in [1.807, 2.05) is 42.5 Å². The number of amides is 1. The summed E-state index contributed by atoms with van der Waals surface area (Å²) in [7, 11) is 0. The van der Waals surface area contributed by atoms with Gasteiger partial charge in [-0.1, -0.05) is 50.0 Å². The normalized spacial score (nSPS) is 9.87. The Labute approximate surface area is 137 Å². The monoisotopic (exact) mass is 307 g/mol. The van der Waals surface area contributed by atoms with Crippen LogP contribution in [0.4, 0.5) is 0 Å². The zero-order valence-corrected chi connectivity index (χ0v) is 13.5. The average Bonchev–Trinajstić information content (AvgIpc) is 2.58. The summed E-state index contributed by atoms with van der Waals surface area (Å²) in [6.07, 6.45) is 0. The lowest BCUT2D eigenvalue weighted by atomic mass is 10.2. The molecule has 0 heterocycles. The molecule has 0 saturated heterocycles. The predicted molar refractivity (Wildman–Crippen MR) is 92.4 cm³/mol. The molecule has 0 fully saturated rings. The van der Waals surface area contributed by atoms with Crippen LogP contribution in [0, 0.1) is 17.8 Å². The molecule has 0 spiro atoms. The molecule has 2 aromatic rings. The number of nitrogens with one attached hydrogen (secondary N) is 1. The molecule has 23 heavy (non-hydrogen) atoms. The number of ether oxygens (including phenoxy) is 1. The summed E-state index contributed by atoms with van der Waals surface area (Å²) in [6.45, 7) is 5.11. The first-order valence-electron chi connectivity index (χ1n) is 7.70. The fourth-order valence-corrected chi connectivity index (χ4v) is 1.88. The van der Waals surface area contributed by atoms with Crippen molar-refractivity contribution in [3.8, 4) is 17.6 Å². The van der Waals surface area contributed by atoms with E-state index in [-0.39, 0.29) is 5.91 Å². The molecule has 3 heteroatoms. The zero-order chi connectivity index (χ0) is 16.5. The van der Waals surface area contributed by atoms with Crippen LogP contribution in [0.1, 0.15) is 29.8 Å². The Kier molecular flexibility index (Phi) is 6.26. The molecular formula is C20H21NO2. The van der Waals surface area contributed by atoms with Gasteiger partial charge in [0, 0.05) is 11.1 Å². The van der Waals surface area contributed by atoms with Gasteiger partial charge in [0.15, 0.2) is 0 Å². The SMILES string of the molecule is CC(C)COc1cccc(C(=O)NCC#Cc2ccccc2)c1. The average molecular weight is 307 g/mol. The van der Waals surface area contributed by atoms with Crippen LogP contribution in [0.2, 0.25) is 0 Å². The molecule has 2 aromatic carbocycles. The molecule has 1 N–H and O–H groups in total. The third-order valence-corrected chi connectivity index (χ3v) is 3.02.